The van der Waals surface area contributed by atoms with Crippen LogP contribution in [0.3, 0.4) is 0 Å². The Morgan fingerprint density at radius 3 is 2.67 bits per heavy atom. The topological polar surface area (TPSA) is 72.2 Å². The summed E-state index contributed by atoms with van der Waals surface area (Å²) in [6.45, 7) is 0. The molecule has 3 rings (SSSR count). The fraction of sp³-hybridized carbons (Fsp3) is 0. The average molecular weight is 310 g/mol. The summed E-state index contributed by atoms with van der Waals surface area (Å²) < 4.78 is 57.7. The van der Waals surface area contributed by atoms with Crippen LogP contribution in [0.1, 0.15) is 0 Å². The number of benzene rings is 2. The predicted octanol–water partition coefficient (Wildman–Crippen LogP) is 2.91. The molecule has 1 heterocycles. The highest BCUT2D eigenvalue weighted by atomic mass is 32.2. The van der Waals surface area contributed by atoms with Crippen molar-refractivity contribution in [3.8, 4) is 0 Å². The summed E-state index contributed by atoms with van der Waals surface area (Å²) in [6.07, 6.45) is 1.19. The molecular formula is C13H8F2N2O3S. The minimum atomic E-state index is -4.02. The molecule has 0 atom stereocenters. The average Bonchev–Trinajstić information content (AvgIpc) is 2.89. The Balaban J connectivity index is 1.99. The van der Waals surface area contributed by atoms with Gasteiger partial charge in [0, 0.05) is 12.1 Å². The maximum Gasteiger partial charge on any atom is 0.262 e. The van der Waals surface area contributed by atoms with Crippen LogP contribution >= 0.6 is 0 Å². The summed E-state index contributed by atoms with van der Waals surface area (Å²) in [7, 11) is -4.02. The van der Waals surface area contributed by atoms with E-state index in [1.807, 2.05) is 0 Å². The largest absolute Gasteiger partial charge is 0.443 e. The van der Waals surface area contributed by atoms with Crippen molar-refractivity contribution in [2.45, 2.75) is 4.90 Å². The first-order valence-electron chi connectivity index (χ1n) is 5.77. The Labute approximate surface area is 118 Å². The van der Waals surface area contributed by atoms with Crippen LogP contribution in [0.25, 0.3) is 11.1 Å². The molecule has 0 aliphatic carbocycles. The van der Waals surface area contributed by atoms with E-state index in [0.29, 0.717) is 11.6 Å². The van der Waals surface area contributed by atoms with Gasteiger partial charge in [-0.15, -0.1) is 0 Å². The van der Waals surface area contributed by atoms with Gasteiger partial charge in [0.2, 0.25) is 0 Å². The van der Waals surface area contributed by atoms with Gasteiger partial charge >= 0.3 is 0 Å². The molecule has 8 heteroatoms. The first-order valence-corrected chi connectivity index (χ1v) is 7.25. The monoisotopic (exact) mass is 310 g/mol. The molecule has 0 amide bonds. The molecule has 0 saturated heterocycles. The summed E-state index contributed by atoms with van der Waals surface area (Å²) in [5.74, 6) is -1.79. The minimum Gasteiger partial charge on any atom is -0.443 e. The molecule has 0 saturated carbocycles. The number of aromatic nitrogens is 1. The van der Waals surface area contributed by atoms with Crippen molar-refractivity contribution in [1.29, 1.82) is 0 Å². The second-order valence-corrected chi connectivity index (χ2v) is 5.89. The highest BCUT2D eigenvalue weighted by molar-refractivity contribution is 7.92. The van der Waals surface area contributed by atoms with Crippen LogP contribution in [-0.4, -0.2) is 13.4 Å². The van der Waals surface area contributed by atoms with Gasteiger partial charge in [-0.2, -0.15) is 0 Å². The number of nitrogens with zero attached hydrogens (tertiary/aromatic N) is 1. The summed E-state index contributed by atoms with van der Waals surface area (Å²) >= 11 is 0. The van der Waals surface area contributed by atoms with Gasteiger partial charge in [0.15, 0.2) is 12.0 Å². The fourth-order valence-corrected chi connectivity index (χ4v) is 2.86. The SMILES string of the molecule is O=S(=O)(Nc1ccc(F)cc1F)c1ccc2ncoc2c1. The van der Waals surface area contributed by atoms with Crippen molar-refractivity contribution in [2.24, 2.45) is 0 Å². The Morgan fingerprint density at radius 2 is 1.90 bits per heavy atom. The fourth-order valence-electron chi connectivity index (χ4n) is 1.78. The second kappa shape index (κ2) is 4.81. The molecule has 0 aliphatic rings. The lowest BCUT2D eigenvalue weighted by molar-refractivity contribution is 0.582. The van der Waals surface area contributed by atoms with Crippen LogP contribution in [0.2, 0.25) is 0 Å². The second-order valence-electron chi connectivity index (χ2n) is 4.21. The van der Waals surface area contributed by atoms with Crippen LogP contribution in [0, 0.1) is 11.6 Å². The van der Waals surface area contributed by atoms with Crippen LogP contribution in [-0.2, 0) is 10.0 Å². The molecule has 2 aromatic carbocycles. The van der Waals surface area contributed by atoms with Gasteiger partial charge in [0.05, 0.1) is 10.6 Å². The van der Waals surface area contributed by atoms with E-state index in [0.717, 1.165) is 12.1 Å². The van der Waals surface area contributed by atoms with Crippen LogP contribution < -0.4 is 4.72 Å². The lowest BCUT2D eigenvalue weighted by Gasteiger charge is -2.08. The number of oxazole rings is 1. The van der Waals surface area contributed by atoms with Gasteiger partial charge in [-0.1, -0.05) is 0 Å². The minimum absolute atomic E-state index is 0.115. The van der Waals surface area contributed by atoms with E-state index in [9.17, 15) is 17.2 Å². The number of hydrogen-bond acceptors (Lipinski definition) is 4. The maximum absolute atomic E-state index is 13.5. The maximum atomic E-state index is 13.5. The molecule has 0 radical (unpaired) electrons. The third-order valence-corrected chi connectivity index (χ3v) is 4.15. The molecule has 0 fully saturated rings. The van der Waals surface area contributed by atoms with Crippen LogP contribution in [0.4, 0.5) is 14.5 Å². The number of halogens is 2. The molecule has 0 aliphatic heterocycles. The zero-order chi connectivity index (χ0) is 15.0. The van der Waals surface area contributed by atoms with E-state index in [1.54, 1.807) is 0 Å². The van der Waals surface area contributed by atoms with Gasteiger partial charge in [0.1, 0.15) is 17.2 Å². The normalized spacial score (nSPS) is 11.7. The number of rotatable bonds is 3. The van der Waals surface area contributed by atoms with Crippen molar-refractivity contribution < 1.29 is 21.6 Å². The van der Waals surface area contributed by atoms with Crippen molar-refractivity contribution in [2.75, 3.05) is 4.72 Å². The van der Waals surface area contributed by atoms with Crippen molar-refractivity contribution in [3.05, 3.63) is 54.4 Å². The number of nitrogens with one attached hydrogen (secondary N) is 1. The summed E-state index contributed by atoms with van der Waals surface area (Å²) in [4.78, 5) is 3.75. The first-order chi connectivity index (χ1) is 9.95. The molecule has 5 nitrogen and oxygen atoms in total. The highest BCUT2D eigenvalue weighted by Gasteiger charge is 2.18. The highest BCUT2D eigenvalue weighted by Crippen LogP contribution is 2.22. The number of hydrogen-bond donors (Lipinski definition) is 1. The molecule has 108 valence electrons. The molecular weight excluding hydrogens is 302 g/mol. The number of sulfonamides is 1. The third kappa shape index (κ3) is 2.57. The first kappa shape index (κ1) is 13.5. The van der Waals surface area contributed by atoms with E-state index in [4.69, 9.17) is 4.42 Å². The lowest BCUT2D eigenvalue weighted by atomic mass is 10.3. The van der Waals surface area contributed by atoms with Crippen LogP contribution in [0.15, 0.2) is 52.1 Å². The van der Waals surface area contributed by atoms with E-state index >= 15 is 0 Å². The van der Waals surface area contributed by atoms with E-state index in [2.05, 4.69) is 9.71 Å². The number of anilines is 1. The van der Waals surface area contributed by atoms with Gasteiger partial charge in [-0.25, -0.2) is 22.2 Å². The van der Waals surface area contributed by atoms with Gasteiger partial charge in [-0.3, -0.25) is 4.72 Å². The molecule has 0 unspecified atom stereocenters. The smallest absolute Gasteiger partial charge is 0.262 e. The molecule has 0 bridgehead atoms. The Hall–Kier alpha value is -2.48. The van der Waals surface area contributed by atoms with Crippen molar-refractivity contribution in [3.63, 3.8) is 0 Å². The van der Waals surface area contributed by atoms with Gasteiger partial charge in [-0.05, 0) is 24.3 Å². The van der Waals surface area contributed by atoms with E-state index < -0.39 is 21.7 Å². The number of fused-ring (bicyclic) bond motifs is 1. The predicted molar refractivity (Wildman–Crippen MR) is 71.2 cm³/mol. The Kier molecular flexibility index (Phi) is 3.09. The van der Waals surface area contributed by atoms with Gasteiger partial charge in [0.25, 0.3) is 10.0 Å². The summed E-state index contributed by atoms with van der Waals surface area (Å²) in [6, 6.07) is 6.61. The molecule has 21 heavy (non-hydrogen) atoms. The summed E-state index contributed by atoms with van der Waals surface area (Å²) in [5.41, 5.74) is 0.452. The molecule has 1 N–H and O–H groups in total. The third-order valence-electron chi connectivity index (χ3n) is 2.79. The summed E-state index contributed by atoms with van der Waals surface area (Å²) in [5, 5.41) is 0. The van der Waals surface area contributed by atoms with Crippen molar-refractivity contribution >= 4 is 26.8 Å². The van der Waals surface area contributed by atoms with Crippen molar-refractivity contribution in [1.82, 2.24) is 4.98 Å². The molecule has 0 spiro atoms. The Bertz CT molecular complexity index is 922. The Morgan fingerprint density at radius 1 is 1.10 bits per heavy atom. The molecule has 1 aromatic heterocycles. The van der Waals surface area contributed by atoms with E-state index in [-0.39, 0.29) is 16.2 Å². The standard InChI is InChI=1S/C13H8F2N2O3S/c14-8-1-3-11(10(15)5-8)17-21(18,19)9-2-4-12-13(6-9)20-7-16-12/h1-7,17H. The zero-order valence-corrected chi connectivity index (χ0v) is 11.2. The zero-order valence-electron chi connectivity index (χ0n) is 10.4. The lowest BCUT2D eigenvalue weighted by Crippen LogP contribution is -2.14. The quantitative estimate of drug-likeness (QED) is 0.807. The van der Waals surface area contributed by atoms with E-state index in [1.165, 1.54) is 24.6 Å². The van der Waals surface area contributed by atoms with Crippen LogP contribution in [0.5, 0.6) is 0 Å². The van der Waals surface area contributed by atoms with Gasteiger partial charge < -0.3 is 4.42 Å². The molecule has 3 aromatic rings.